The molecule has 19 heavy (non-hydrogen) atoms. The van der Waals surface area contributed by atoms with Crippen molar-refractivity contribution in [3.05, 3.63) is 62.2 Å². The molecule has 0 heterocycles. The summed E-state index contributed by atoms with van der Waals surface area (Å²) >= 11 is 8.33. The summed E-state index contributed by atoms with van der Waals surface area (Å²) in [6, 6.07) is 13.8. The van der Waals surface area contributed by atoms with Crippen LogP contribution in [0.2, 0.25) is 5.02 Å². The number of hydrogen-bond acceptors (Lipinski definition) is 2. The Kier molecular flexibility index (Phi) is 5.07. The highest BCUT2D eigenvalue weighted by atomic mass is 127. The third-order valence-corrected chi connectivity index (χ3v) is 4.53. The predicted octanol–water partition coefficient (Wildman–Crippen LogP) is 4.20. The number of methoxy groups -OCH3 is 1. The lowest BCUT2D eigenvalue weighted by atomic mass is 10.00. The monoisotopic (exact) mass is 387 g/mol. The molecule has 0 fully saturated rings. The molecule has 0 aliphatic rings. The van der Waals surface area contributed by atoms with Gasteiger partial charge in [-0.25, -0.2) is 0 Å². The molecule has 2 N–H and O–H groups in total. The summed E-state index contributed by atoms with van der Waals surface area (Å²) in [6.07, 6.45) is 0.758. The second kappa shape index (κ2) is 6.59. The molecule has 1 unspecified atom stereocenters. The van der Waals surface area contributed by atoms with Gasteiger partial charge in [0.1, 0.15) is 5.75 Å². The summed E-state index contributed by atoms with van der Waals surface area (Å²) < 4.78 is 6.25. The van der Waals surface area contributed by atoms with Gasteiger partial charge in [0.2, 0.25) is 0 Å². The second-order valence-electron chi connectivity index (χ2n) is 4.34. The summed E-state index contributed by atoms with van der Waals surface area (Å²) in [5, 5.41) is 0.749. The van der Waals surface area contributed by atoms with E-state index < -0.39 is 0 Å². The molecule has 2 aromatic rings. The molecule has 0 amide bonds. The maximum absolute atomic E-state index is 6.24. The van der Waals surface area contributed by atoms with Crippen LogP contribution in [-0.2, 0) is 6.42 Å². The molecule has 0 radical (unpaired) electrons. The summed E-state index contributed by atoms with van der Waals surface area (Å²) in [7, 11) is 1.66. The standard InChI is InChI=1S/C15H15ClINO/c1-19-12-4-2-3-10(7-12)8-15(18)11-5-6-14(17)13(16)9-11/h2-7,9,15H,8,18H2,1H3. The number of nitrogens with two attached hydrogens (primary N) is 1. The fourth-order valence-corrected chi connectivity index (χ4v) is 2.44. The fraction of sp³-hybridized carbons (Fsp3) is 0.200. The molecule has 2 nitrogen and oxygen atoms in total. The van der Waals surface area contributed by atoms with E-state index in [1.807, 2.05) is 36.4 Å². The Hall–Kier alpha value is -0.780. The zero-order valence-corrected chi connectivity index (χ0v) is 13.5. The van der Waals surface area contributed by atoms with Crippen LogP contribution in [0.15, 0.2) is 42.5 Å². The van der Waals surface area contributed by atoms with Crippen molar-refractivity contribution in [1.82, 2.24) is 0 Å². The minimum Gasteiger partial charge on any atom is -0.497 e. The zero-order chi connectivity index (χ0) is 13.8. The summed E-state index contributed by atoms with van der Waals surface area (Å²) in [5.74, 6) is 0.852. The van der Waals surface area contributed by atoms with Crippen LogP contribution in [0, 0.1) is 3.57 Å². The SMILES string of the molecule is COc1cccc(CC(N)c2ccc(I)c(Cl)c2)c1. The first-order chi connectivity index (χ1) is 9.10. The highest BCUT2D eigenvalue weighted by molar-refractivity contribution is 14.1. The van der Waals surface area contributed by atoms with Crippen LogP contribution < -0.4 is 10.5 Å². The Bertz CT molecular complexity index is 574. The number of benzene rings is 2. The molecule has 2 rings (SSSR count). The average Bonchev–Trinajstić information content (AvgIpc) is 2.42. The fourth-order valence-electron chi connectivity index (χ4n) is 1.91. The highest BCUT2D eigenvalue weighted by Crippen LogP contribution is 2.25. The van der Waals surface area contributed by atoms with E-state index in [9.17, 15) is 0 Å². The van der Waals surface area contributed by atoms with E-state index in [2.05, 4.69) is 28.7 Å². The maximum atomic E-state index is 6.24. The molecule has 0 bridgehead atoms. The van der Waals surface area contributed by atoms with Crippen molar-refractivity contribution in [3.8, 4) is 5.75 Å². The van der Waals surface area contributed by atoms with E-state index in [4.69, 9.17) is 22.1 Å². The Morgan fingerprint density at radius 2 is 2.05 bits per heavy atom. The summed E-state index contributed by atoms with van der Waals surface area (Å²) in [5.41, 5.74) is 8.44. The van der Waals surface area contributed by atoms with Gasteiger partial charge >= 0.3 is 0 Å². The van der Waals surface area contributed by atoms with Gasteiger partial charge in [0.25, 0.3) is 0 Å². The van der Waals surface area contributed by atoms with E-state index in [0.29, 0.717) is 0 Å². The van der Waals surface area contributed by atoms with Crippen molar-refractivity contribution in [1.29, 1.82) is 0 Å². The van der Waals surface area contributed by atoms with Crippen molar-refractivity contribution in [2.45, 2.75) is 12.5 Å². The van der Waals surface area contributed by atoms with Crippen molar-refractivity contribution in [2.24, 2.45) is 5.73 Å². The molecule has 1 atom stereocenters. The first-order valence-corrected chi connectivity index (χ1v) is 7.39. The van der Waals surface area contributed by atoms with Gasteiger partial charge in [-0.2, -0.15) is 0 Å². The third kappa shape index (κ3) is 3.84. The average molecular weight is 388 g/mol. The van der Waals surface area contributed by atoms with Gasteiger partial charge in [0.15, 0.2) is 0 Å². The van der Waals surface area contributed by atoms with Crippen LogP contribution in [-0.4, -0.2) is 7.11 Å². The van der Waals surface area contributed by atoms with Crippen molar-refractivity contribution < 1.29 is 4.74 Å². The number of halogens is 2. The molecule has 4 heteroatoms. The Morgan fingerprint density at radius 3 is 2.74 bits per heavy atom. The van der Waals surface area contributed by atoms with Gasteiger partial charge in [-0.15, -0.1) is 0 Å². The maximum Gasteiger partial charge on any atom is 0.119 e. The van der Waals surface area contributed by atoms with Gasteiger partial charge in [-0.05, 0) is 64.4 Å². The van der Waals surface area contributed by atoms with E-state index in [1.165, 1.54) is 0 Å². The molecule has 0 spiro atoms. The van der Waals surface area contributed by atoms with Gasteiger partial charge in [0.05, 0.1) is 12.1 Å². The number of rotatable bonds is 4. The smallest absolute Gasteiger partial charge is 0.119 e. The van der Waals surface area contributed by atoms with Crippen LogP contribution in [0.3, 0.4) is 0 Å². The van der Waals surface area contributed by atoms with Crippen LogP contribution in [0.25, 0.3) is 0 Å². The largest absolute Gasteiger partial charge is 0.497 e. The Morgan fingerprint density at radius 1 is 1.26 bits per heavy atom. The second-order valence-corrected chi connectivity index (χ2v) is 5.91. The predicted molar refractivity (Wildman–Crippen MR) is 87.8 cm³/mol. The van der Waals surface area contributed by atoms with Gasteiger partial charge in [-0.3, -0.25) is 0 Å². The molecule has 0 aliphatic carbocycles. The topological polar surface area (TPSA) is 35.2 Å². The molecule has 0 saturated heterocycles. The van der Waals surface area contributed by atoms with Crippen LogP contribution in [0.5, 0.6) is 5.75 Å². The lowest BCUT2D eigenvalue weighted by Gasteiger charge is -2.13. The van der Waals surface area contributed by atoms with Gasteiger partial charge in [-0.1, -0.05) is 29.8 Å². The van der Waals surface area contributed by atoms with E-state index in [0.717, 1.165) is 31.9 Å². The molecule has 100 valence electrons. The molecule has 0 aromatic heterocycles. The van der Waals surface area contributed by atoms with E-state index in [1.54, 1.807) is 7.11 Å². The lowest BCUT2D eigenvalue weighted by Crippen LogP contribution is -2.13. The molecule has 0 saturated carbocycles. The van der Waals surface area contributed by atoms with Crippen molar-refractivity contribution in [2.75, 3.05) is 7.11 Å². The normalized spacial score (nSPS) is 12.2. The highest BCUT2D eigenvalue weighted by Gasteiger charge is 2.09. The van der Waals surface area contributed by atoms with Crippen molar-refractivity contribution in [3.63, 3.8) is 0 Å². The minimum atomic E-state index is -0.0680. The zero-order valence-electron chi connectivity index (χ0n) is 10.6. The number of ether oxygens (including phenoxy) is 1. The number of hydrogen-bond donors (Lipinski definition) is 1. The van der Waals surface area contributed by atoms with Crippen molar-refractivity contribution >= 4 is 34.2 Å². The first kappa shape index (κ1) is 14.6. The third-order valence-electron chi connectivity index (χ3n) is 2.96. The van der Waals surface area contributed by atoms with Gasteiger partial charge < -0.3 is 10.5 Å². The molecule has 0 aliphatic heterocycles. The van der Waals surface area contributed by atoms with Crippen LogP contribution >= 0.6 is 34.2 Å². The summed E-state index contributed by atoms with van der Waals surface area (Å²) in [4.78, 5) is 0. The minimum absolute atomic E-state index is 0.0680. The molecule has 2 aromatic carbocycles. The van der Waals surface area contributed by atoms with Crippen LogP contribution in [0.1, 0.15) is 17.2 Å². The Balaban J connectivity index is 2.15. The quantitative estimate of drug-likeness (QED) is 0.798. The lowest BCUT2D eigenvalue weighted by molar-refractivity contribution is 0.414. The van der Waals surface area contributed by atoms with Gasteiger partial charge in [0, 0.05) is 9.61 Å². The first-order valence-electron chi connectivity index (χ1n) is 5.93. The van der Waals surface area contributed by atoms with E-state index >= 15 is 0 Å². The molecular formula is C15H15ClINO. The molecular weight excluding hydrogens is 373 g/mol. The van der Waals surface area contributed by atoms with E-state index in [-0.39, 0.29) is 6.04 Å². The summed E-state index contributed by atoms with van der Waals surface area (Å²) in [6.45, 7) is 0. The Labute approximate surface area is 132 Å². The van der Waals surface area contributed by atoms with Crippen LogP contribution in [0.4, 0.5) is 0 Å².